The van der Waals surface area contributed by atoms with Crippen molar-refractivity contribution in [2.75, 3.05) is 19.6 Å². The summed E-state index contributed by atoms with van der Waals surface area (Å²) in [5.74, 6) is -0.249. The molecule has 16 heavy (non-hydrogen) atoms. The summed E-state index contributed by atoms with van der Waals surface area (Å²) >= 11 is 0. The number of primary amides is 1. The SMILES string of the molecule is CC(C)(CC(N)=O)NCC(=O)N1CCCC1. The fraction of sp³-hybridized carbons (Fsp3) is 0.818. The third kappa shape index (κ3) is 4.18. The van der Waals surface area contributed by atoms with Gasteiger partial charge in [-0.05, 0) is 26.7 Å². The Morgan fingerprint density at radius 1 is 1.31 bits per heavy atom. The van der Waals surface area contributed by atoms with Crippen LogP contribution in [0.2, 0.25) is 0 Å². The maximum Gasteiger partial charge on any atom is 0.236 e. The number of nitrogens with two attached hydrogens (primary N) is 1. The van der Waals surface area contributed by atoms with Crippen molar-refractivity contribution in [2.45, 2.75) is 38.6 Å². The van der Waals surface area contributed by atoms with Crippen molar-refractivity contribution < 1.29 is 9.59 Å². The summed E-state index contributed by atoms with van der Waals surface area (Å²) in [5.41, 5.74) is 4.72. The van der Waals surface area contributed by atoms with Gasteiger partial charge in [0.05, 0.1) is 6.54 Å². The molecule has 0 aromatic heterocycles. The normalized spacial score (nSPS) is 16.5. The highest BCUT2D eigenvalue weighted by Gasteiger charge is 2.23. The van der Waals surface area contributed by atoms with Crippen molar-refractivity contribution in [2.24, 2.45) is 5.73 Å². The second-order valence-electron chi connectivity index (χ2n) is 4.97. The zero-order valence-electron chi connectivity index (χ0n) is 10.1. The third-order valence-corrected chi connectivity index (χ3v) is 2.79. The molecule has 2 amide bonds. The molecule has 92 valence electrons. The molecule has 1 fully saturated rings. The molecule has 0 aliphatic carbocycles. The van der Waals surface area contributed by atoms with Crippen LogP contribution in [0, 0.1) is 0 Å². The third-order valence-electron chi connectivity index (χ3n) is 2.79. The van der Waals surface area contributed by atoms with Gasteiger partial charge in [-0.25, -0.2) is 0 Å². The largest absolute Gasteiger partial charge is 0.370 e. The Labute approximate surface area is 96.4 Å². The Kier molecular flexibility index (Phi) is 4.29. The molecule has 0 aromatic carbocycles. The van der Waals surface area contributed by atoms with Gasteiger partial charge in [0, 0.05) is 25.0 Å². The van der Waals surface area contributed by atoms with Crippen LogP contribution in [-0.2, 0) is 9.59 Å². The summed E-state index contributed by atoms with van der Waals surface area (Å²) in [6.07, 6.45) is 2.42. The molecule has 1 saturated heterocycles. The zero-order chi connectivity index (χ0) is 12.2. The molecule has 0 aromatic rings. The molecule has 1 heterocycles. The van der Waals surface area contributed by atoms with E-state index >= 15 is 0 Å². The van der Waals surface area contributed by atoms with Gasteiger partial charge in [0.25, 0.3) is 0 Å². The molecule has 0 unspecified atom stereocenters. The molecule has 0 saturated carbocycles. The monoisotopic (exact) mass is 227 g/mol. The molecule has 1 rings (SSSR count). The van der Waals surface area contributed by atoms with Crippen LogP contribution >= 0.6 is 0 Å². The second-order valence-corrected chi connectivity index (χ2v) is 4.97. The molecule has 0 radical (unpaired) electrons. The molecule has 3 N–H and O–H groups in total. The summed E-state index contributed by atoms with van der Waals surface area (Å²) in [6.45, 7) is 5.73. The Bertz CT molecular complexity index is 270. The van der Waals surface area contributed by atoms with E-state index in [0.717, 1.165) is 25.9 Å². The van der Waals surface area contributed by atoms with Gasteiger partial charge >= 0.3 is 0 Å². The van der Waals surface area contributed by atoms with E-state index in [1.165, 1.54) is 0 Å². The first-order chi connectivity index (χ1) is 7.41. The fourth-order valence-corrected chi connectivity index (χ4v) is 1.89. The van der Waals surface area contributed by atoms with Gasteiger partial charge in [-0.3, -0.25) is 9.59 Å². The summed E-state index contributed by atoms with van der Waals surface area (Å²) in [5, 5.41) is 3.07. The van der Waals surface area contributed by atoms with E-state index in [-0.39, 0.29) is 24.8 Å². The second kappa shape index (κ2) is 5.30. The van der Waals surface area contributed by atoms with E-state index < -0.39 is 5.54 Å². The van der Waals surface area contributed by atoms with Gasteiger partial charge in [-0.1, -0.05) is 0 Å². The van der Waals surface area contributed by atoms with E-state index in [9.17, 15) is 9.59 Å². The van der Waals surface area contributed by atoms with Gasteiger partial charge in [-0.2, -0.15) is 0 Å². The van der Waals surface area contributed by atoms with Gasteiger partial charge in [-0.15, -0.1) is 0 Å². The average molecular weight is 227 g/mol. The van der Waals surface area contributed by atoms with Gasteiger partial charge in [0.2, 0.25) is 11.8 Å². The molecule has 1 aliphatic rings. The summed E-state index contributed by atoms with van der Waals surface area (Å²) < 4.78 is 0. The number of hydrogen-bond donors (Lipinski definition) is 2. The number of amides is 2. The van der Waals surface area contributed by atoms with E-state index in [1.54, 1.807) is 0 Å². The van der Waals surface area contributed by atoms with Crippen LogP contribution in [0.5, 0.6) is 0 Å². The number of carbonyl (C=O) groups is 2. The lowest BCUT2D eigenvalue weighted by Gasteiger charge is -2.26. The number of nitrogens with one attached hydrogen (secondary N) is 1. The minimum atomic E-state index is -0.415. The molecule has 5 nitrogen and oxygen atoms in total. The van der Waals surface area contributed by atoms with Crippen LogP contribution in [-0.4, -0.2) is 41.9 Å². The van der Waals surface area contributed by atoms with Crippen molar-refractivity contribution in [3.63, 3.8) is 0 Å². The molecular formula is C11H21N3O2. The number of hydrogen-bond acceptors (Lipinski definition) is 3. The quantitative estimate of drug-likeness (QED) is 0.686. The summed E-state index contributed by atoms with van der Waals surface area (Å²) in [6, 6.07) is 0. The van der Waals surface area contributed by atoms with Crippen LogP contribution in [0.15, 0.2) is 0 Å². The van der Waals surface area contributed by atoms with Crippen molar-refractivity contribution in [3.05, 3.63) is 0 Å². The minimum absolute atomic E-state index is 0.107. The lowest BCUT2D eigenvalue weighted by Crippen LogP contribution is -2.47. The maximum atomic E-state index is 11.7. The number of rotatable bonds is 5. The summed E-state index contributed by atoms with van der Waals surface area (Å²) in [4.78, 5) is 24.4. The number of likely N-dealkylation sites (tertiary alicyclic amines) is 1. The Hall–Kier alpha value is -1.10. The van der Waals surface area contributed by atoms with Crippen molar-refractivity contribution in [1.82, 2.24) is 10.2 Å². The van der Waals surface area contributed by atoms with Gasteiger partial charge < -0.3 is 16.0 Å². The Morgan fingerprint density at radius 3 is 2.38 bits per heavy atom. The molecule has 0 atom stereocenters. The van der Waals surface area contributed by atoms with Crippen LogP contribution < -0.4 is 11.1 Å². The topological polar surface area (TPSA) is 75.4 Å². The highest BCUT2D eigenvalue weighted by atomic mass is 16.2. The first-order valence-corrected chi connectivity index (χ1v) is 5.72. The van der Waals surface area contributed by atoms with Gasteiger partial charge in [0.15, 0.2) is 0 Å². The van der Waals surface area contributed by atoms with Crippen LogP contribution in [0.4, 0.5) is 0 Å². The highest BCUT2D eigenvalue weighted by molar-refractivity contribution is 5.79. The zero-order valence-corrected chi connectivity index (χ0v) is 10.1. The van der Waals surface area contributed by atoms with Crippen LogP contribution in [0.25, 0.3) is 0 Å². The highest BCUT2D eigenvalue weighted by Crippen LogP contribution is 2.09. The molecule has 0 bridgehead atoms. The average Bonchev–Trinajstić information content (AvgIpc) is 2.64. The van der Waals surface area contributed by atoms with E-state index in [4.69, 9.17) is 5.73 Å². The van der Waals surface area contributed by atoms with Crippen molar-refractivity contribution in [1.29, 1.82) is 0 Å². The predicted molar refractivity (Wildman–Crippen MR) is 61.7 cm³/mol. The smallest absolute Gasteiger partial charge is 0.236 e. The lowest BCUT2D eigenvalue weighted by molar-refractivity contribution is -0.130. The maximum absolute atomic E-state index is 11.7. The van der Waals surface area contributed by atoms with E-state index in [2.05, 4.69) is 5.32 Å². The van der Waals surface area contributed by atoms with E-state index in [1.807, 2.05) is 18.7 Å². The van der Waals surface area contributed by atoms with Crippen molar-refractivity contribution in [3.8, 4) is 0 Å². The Balaban J connectivity index is 2.32. The minimum Gasteiger partial charge on any atom is -0.370 e. The first-order valence-electron chi connectivity index (χ1n) is 5.72. The van der Waals surface area contributed by atoms with Crippen LogP contribution in [0.3, 0.4) is 0 Å². The predicted octanol–water partition coefficient (Wildman–Crippen LogP) is -0.148. The molecular weight excluding hydrogens is 206 g/mol. The molecule has 0 spiro atoms. The Morgan fingerprint density at radius 2 is 1.88 bits per heavy atom. The fourth-order valence-electron chi connectivity index (χ4n) is 1.89. The molecule has 5 heteroatoms. The van der Waals surface area contributed by atoms with Crippen molar-refractivity contribution >= 4 is 11.8 Å². The van der Waals surface area contributed by atoms with Gasteiger partial charge in [0.1, 0.15) is 0 Å². The van der Waals surface area contributed by atoms with E-state index in [0.29, 0.717) is 0 Å². The van der Waals surface area contributed by atoms with Crippen LogP contribution in [0.1, 0.15) is 33.1 Å². The first kappa shape index (κ1) is 13.0. The molecule has 1 aliphatic heterocycles. The standard InChI is InChI=1S/C11H21N3O2/c1-11(2,7-9(12)15)13-8-10(16)14-5-3-4-6-14/h13H,3-8H2,1-2H3,(H2,12,15). The summed E-state index contributed by atoms with van der Waals surface area (Å²) in [7, 11) is 0. The lowest BCUT2D eigenvalue weighted by atomic mass is 10.0. The number of carbonyl (C=O) groups excluding carboxylic acids is 2. The number of nitrogens with zero attached hydrogens (tertiary/aromatic N) is 1.